The van der Waals surface area contributed by atoms with Crippen LogP contribution in [0, 0.1) is 11.8 Å². The summed E-state index contributed by atoms with van der Waals surface area (Å²) in [6.07, 6.45) is 2.78. The summed E-state index contributed by atoms with van der Waals surface area (Å²) in [5.41, 5.74) is 6.07. The van der Waals surface area contributed by atoms with E-state index in [4.69, 9.17) is 10.5 Å². The molecule has 0 aliphatic heterocycles. The number of hydrogen-bond donors (Lipinski definition) is 1. The molecule has 1 fully saturated rings. The third-order valence-electron chi connectivity index (χ3n) is 4.01. The van der Waals surface area contributed by atoms with Crippen LogP contribution in [0.1, 0.15) is 33.6 Å². The Morgan fingerprint density at radius 2 is 2.06 bits per heavy atom. The molecule has 1 saturated carbocycles. The molecule has 96 valence electrons. The van der Waals surface area contributed by atoms with Crippen molar-refractivity contribution in [1.29, 1.82) is 0 Å². The van der Waals surface area contributed by atoms with Gasteiger partial charge in [-0.05, 0) is 31.2 Å². The second-order valence-corrected chi connectivity index (χ2v) is 5.38. The summed E-state index contributed by atoms with van der Waals surface area (Å²) in [5, 5.41) is 0. The van der Waals surface area contributed by atoms with Crippen LogP contribution in [0.4, 0.5) is 0 Å². The molecule has 16 heavy (non-hydrogen) atoms. The number of methoxy groups -OCH3 is 1. The highest BCUT2D eigenvalue weighted by molar-refractivity contribution is 4.96. The first-order chi connectivity index (χ1) is 7.60. The van der Waals surface area contributed by atoms with Gasteiger partial charge < -0.3 is 10.5 Å². The molecule has 0 radical (unpaired) electrons. The second-order valence-electron chi connectivity index (χ2n) is 5.38. The largest absolute Gasteiger partial charge is 0.383 e. The Morgan fingerprint density at radius 1 is 1.44 bits per heavy atom. The summed E-state index contributed by atoms with van der Waals surface area (Å²) >= 11 is 0. The van der Waals surface area contributed by atoms with Crippen molar-refractivity contribution in [2.24, 2.45) is 17.6 Å². The van der Waals surface area contributed by atoms with Crippen LogP contribution in [-0.4, -0.2) is 43.8 Å². The van der Waals surface area contributed by atoms with Gasteiger partial charge in [0.15, 0.2) is 0 Å². The Balaban J connectivity index is 2.75. The smallest absolute Gasteiger partial charge is 0.0661 e. The Labute approximate surface area is 100 Å². The highest BCUT2D eigenvalue weighted by Gasteiger charge is 2.40. The SMILES string of the molecule is CCN(CC1CC1)C(CN)(COC)C(C)C. The predicted octanol–water partition coefficient (Wildman–Crippen LogP) is 1.72. The fourth-order valence-corrected chi connectivity index (χ4v) is 2.53. The van der Waals surface area contributed by atoms with E-state index in [0.29, 0.717) is 12.5 Å². The van der Waals surface area contributed by atoms with E-state index in [-0.39, 0.29) is 5.54 Å². The molecule has 3 heteroatoms. The molecular formula is C13H28N2O. The van der Waals surface area contributed by atoms with Gasteiger partial charge in [-0.2, -0.15) is 0 Å². The van der Waals surface area contributed by atoms with Crippen molar-refractivity contribution in [3.05, 3.63) is 0 Å². The lowest BCUT2D eigenvalue weighted by molar-refractivity contribution is -0.0160. The van der Waals surface area contributed by atoms with E-state index >= 15 is 0 Å². The molecule has 1 atom stereocenters. The third-order valence-corrected chi connectivity index (χ3v) is 4.01. The first kappa shape index (κ1) is 13.9. The molecule has 1 unspecified atom stereocenters. The van der Waals surface area contributed by atoms with E-state index in [0.717, 1.165) is 19.1 Å². The van der Waals surface area contributed by atoms with E-state index in [9.17, 15) is 0 Å². The molecule has 2 N–H and O–H groups in total. The number of likely N-dealkylation sites (N-methyl/N-ethyl adjacent to an activating group) is 1. The van der Waals surface area contributed by atoms with Crippen LogP contribution in [0.3, 0.4) is 0 Å². The van der Waals surface area contributed by atoms with Crippen LogP contribution in [0.5, 0.6) is 0 Å². The molecule has 0 amide bonds. The lowest BCUT2D eigenvalue weighted by Gasteiger charge is -2.46. The van der Waals surface area contributed by atoms with Crippen molar-refractivity contribution in [2.45, 2.75) is 39.2 Å². The second kappa shape index (κ2) is 5.99. The van der Waals surface area contributed by atoms with Gasteiger partial charge in [0.1, 0.15) is 0 Å². The molecule has 3 nitrogen and oxygen atoms in total. The average molecular weight is 228 g/mol. The van der Waals surface area contributed by atoms with E-state index in [1.165, 1.54) is 19.4 Å². The van der Waals surface area contributed by atoms with Gasteiger partial charge >= 0.3 is 0 Å². The summed E-state index contributed by atoms with van der Waals surface area (Å²) in [6.45, 7) is 10.4. The normalized spacial score (nSPS) is 20.4. The highest BCUT2D eigenvalue weighted by Crippen LogP contribution is 2.34. The minimum Gasteiger partial charge on any atom is -0.383 e. The van der Waals surface area contributed by atoms with Crippen LogP contribution in [0.25, 0.3) is 0 Å². The number of nitrogens with zero attached hydrogens (tertiary/aromatic N) is 1. The number of rotatable bonds is 8. The van der Waals surface area contributed by atoms with Crippen molar-refractivity contribution in [2.75, 3.05) is 33.4 Å². The van der Waals surface area contributed by atoms with Crippen molar-refractivity contribution in [3.8, 4) is 0 Å². The van der Waals surface area contributed by atoms with Gasteiger partial charge in [0, 0.05) is 20.2 Å². The molecule has 1 rings (SSSR count). The highest BCUT2D eigenvalue weighted by atomic mass is 16.5. The van der Waals surface area contributed by atoms with Gasteiger partial charge in [-0.1, -0.05) is 20.8 Å². The van der Waals surface area contributed by atoms with Gasteiger partial charge in [0.05, 0.1) is 12.1 Å². The molecule has 0 heterocycles. The lowest BCUT2D eigenvalue weighted by Crippen LogP contribution is -2.60. The molecule has 1 aliphatic rings. The standard InChI is InChI=1S/C13H28N2O/c1-5-15(8-12-6-7-12)13(9-14,10-16-4)11(2)3/h11-12H,5-10,14H2,1-4H3. The Kier molecular flexibility index (Phi) is 5.22. The van der Waals surface area contributed by atoms with Crippen LogP contribution in [0.15, 0.2) is 0 Å². The minimum absolute atomic E-state index is 0.0199. The quantitative estimate of drug-likeness (QED) is 0.687. The number of hydrogen-bond acceptors (Lipinski definition) is 3. The molecule has 0 saturated heterocycles. The van der Waals surface area contributed by atoms with E-state index in [2.05, 4.69) is 25.7 Å². The summed E-state index contributed by atoms with van der Waals surface area (Å²) in [5.74, 6) is 1.43. The Morgan fingerprint density at radius 3 is 2.38 bits per heavy atom. The van der Waals surface area contributed by atoms with Crippen LogP contribution < -0.4 is 5.73 Å². The maximum Gasteiger partial charge on any atom is 0.0661 e. The number of ether oxygens (including phenoxy) is 1. The van der Waals surface area contributed by atoms with Gasteiger partial charge in [-0.3, -0.25) is 4.90 Å². The molecular weight excluding hydrogens is 200 g/mol. The predicted molar refractivity (Wildman–Crippen MR) is 68.5 cm³/mol. The fourth-order valence-electron chi connectivity index (χ4n) is 2.53. The van der Waals surface area contributed by atoms with E-state index < -0.39 is 0 Å². The van der Waals surface area contributed by atoms with E-state index in [1.54, 1.807) is 7.11 Å². The fraction of sp³-hybridized carbons (Fsp3) is 1.00. The van der Waals surface area contributed by atoms with Gasteiger partial charge in [0.2, 0.25) is 0 Å². The zero-order chi connectivity index (χ0) is 12.2. The van der Waals surface area contributed by atoms with Crippen molar-refractivity contribution in [1.82, 2.24) is 4.90 Å². The van der Waals surface area contributed by atoms with Crippen LogP contribution in [0.2, 0.25) is 0 Å². The average Bonchev–Trinajstić information content (AvgIpc) is 3.06. The van der Waals surface area contributed by atoms with Crippen molar-refractivity contribution in [3.63, 3.8) is 0 Å². The monoisotopic (exact) mass is 228 g/mol. The summed E-state index contributed by atoms with van der Waals surface area (Å²) in [4.78, 5) is 2.54. The Hall–Kier alpha value is -0.120. The van der Waals surface area contributed by atoms with Gasteiger partial charge in [0.25, 0.3) is 0 Å². The lowest BCUT2D eigenvalue weighted by atomic mass is 9.84. The van der Waals surface area contributed by atoms with Gasteiger partial charge in [-0.15, -0.1) is 0 Å². The van der Waals surface area contributed by atoms with Crippen LogP contribution >= 0.6 is 0 Å². The summed E-state index contributed by atoms with van der Waals surface area (Å²) < 4.78 is 5.42. The minimum atomic E-state index is 0.0199. The molecule has 1 aliphatic carbocycles. The first-order valence-electron chi connectivity index (χ1n) is 6.54. The van der Waals surface area contributed by atoms with Crippen molar-refractivity contribution >= 4 is 0 Å². The zero-order valence-electron chi connectivity index (χ0n) is 11.3. The Bertz CT molecular complexity index is 204. The molecule has 0 spiro atoms. The zero-order valence-corrected chi connectivity index (χ0v) is 11.3. The summed E-state index contributed by atoms with van der Waals surface area (Å²) in [7, 11) is 1.78. The molecule has 0 aromatic rings. The maximum atomic E-state index is 6.05. The van der Waals surface area contributed by atoms with Crippen LogP contribution in [-0.2, 0) is 4.74 Å². The van der Waals surface area contributed by atoms with Crippen molar-refractivity contribution < 1.29 is 4.74 Å². The third kappa shape index (κ3) is 2.96. The molecule has 0 bridgehead atoms. The topological polar surface area (TPSA) is 38.5 Å². The number of nitrogens with two attached hydrogens (primary N) is 1. The summed E-state index contributed by atoms with van der Waals surface area (Å²) in [6, 6.07) is 0. The molecule has 0 aromatic carbocycles. The van der Waals surface area contributed by atoms with Gasteiger partial charge in [-0.25, -0.2) is 0 Å². The maximum absolute atomic E-state index is 6.05. The molecule has 0 aromatic heterocycles. The van der Waals surface area contributed by atoms with E-state index in [1.807, 2.05) is 0 Å². The first-order valence-corrected chi connectivity index (χ1v) is 6.54.